The first-order chi connectivity index (χ1) is 11.6. The van der Waals surface area contributed by atoms with Crippen molar-refractivity contribution in [3.63, 3.8) is 0 Å². The molecule has 0 aliphatic rings. The van der Waals surface area contributed by atoms with Gasteiger partial charge in [0.1, 0.15) is 5.82 Å². The van der Waals surface area contributed by atoms with Crippen LogP contribution in [0, 0.1) is 5.82 Å². The number of benzene rings is 1. The topological polar surface area (TPSA) is 62.3 Å². The van der Waals surface area contributed by atoms with Crippen molar-refractivity contribution in [1.29, 1.82) is 0 Å². The highest BCUT2D eigenvalue weighted by atomic mass is 19.1. The van der Waals surface area contributed by atoms with Crippen LogP contribution in [0.3, 0.4) is 0 Å². The molecule has 1 aromatic heterocycles. The van der Waals surface area contributed by atoms with Gasteiger partial charge in [0.2, 0.25) is 11.8 Å². The van der Waals surface area contributed by atoms with E-state index in [-0.39, 0.29) is 24.2 Å². The van der Waals surface area contributed by atoms with Crippen molar-refractivity contribution in [3.05, 3.63) is 65.7 Å². The van der Waals surface area contributed by atoms with Gasteiger partial charge in [-0.25, -0.2) is 4.39 Å². The van der Waals surface area contributed by atoms with Crippen LogP contribution in [0.2, 0.25) is 0 Å². The number of nitrogens with zero attached hydrogens (tertiary/aromatic N) is 2. The van der Waals surface area contributed by atoms with Crippen molar-refractivity contribution < 1.29 is 14.0 Å². The number of rotatable bonds is 7. The summed E-state index contributed by atoms with van der Waals surface area (Å²) in [5, 5.41) is 2.71. The summed E-state index contributed by atoms with van der Waals surface area (Å²) in [4.78, 5) is 29.1. The molecule has 2 rings (SSSR count). The van der Waals surface area contributed by atoms with E-state index < -0.39 is 0 Å². The SMILES string of the molecule is CC(=O)N(CC(=O)NCCc1ccccc1F)Cc1cccnc1. The molecule has 1 aromatic carbocycles. The lowest BCUT2D eigenvalue weighted by atomic mass is 10.1. The van der Waals surface area contributed by atoms with Crippen LogP contribution < -0.4 is 5.32 Å². The van der Waals surface area contributed by atoms with E-state index in [0.717, 1.165) is 5.56 Å². The normalized spacial score (nSPS) is 10.2. The van der Waals surface area contributed by atoms with E-state index in [1.54, 1.807) is 36.7 Å². The predicted molar refractivity (Wildman–Crippen MR) is 88.4 cm³/mol. The summed E-state index contributed by atoms with van der Waals surface area (Å²) in [5.74, 6) is -0.748. The molecular weight excluding hydrogens is 309 g/mol. The van der Waals surface area contributed by atoms with E-state index in [2.05, 4.69) is 10.3 Å². The lowest BCUT2D eigenvalue weighted by molar-refractivity contribution is -0.134. The largest absolute Gasteiger partial charge is 0.354 e. The molecule has 0 bridgehead atoms. The van der Waals surface area contributed by atoms with Crippen LogP contribution >= 0.6 is 0 Å². The van der Waals surface area contributed by atoms with Crippen LogP contribution in [0.25, 0.3) is 0 Å². The van der Waals surface area contributed by atoms with Crippen molar-refractivity contribution in [2.45, 2.75) is 19.9 Å². The van der Waals surface area contributed by atoms with E-state index in [1.807, 2.05) is 6.07 Å². The first kappa shape index (κ1) is 17.6. The molecule has 1 heterocycles. The molecule has 0 aliphatic heterocycles. The quantitative estimate of drug-likeness (QED) is 0.844. The van der Waals surface area contributed by atoms with Gasteiger partial charge in [-0.15, -0.1) is 0 Å². The van der Waals surface area contributed by atoms with E-state index in [0.29, 0.717) is 25.1 Å². The van der Waals surface area contributed by atoms with E-state index in [9.17, 15) is 14.0 Å². The third-order valence-corrected chi connectivity index (χ3v) is 3.55. The van der Waals surface area contributed by atoms with Crippen molar-refractivity contribution in [2.24, 2.45) is 0 Å². The van der Waals surface area contributed by atoms with Crippen LogP contribution in [0.1, 0.15) is 18.1 Å². The Bertz CT molecular complexity index is 692. The summed E-state index contributed by atoms with van der Waals surface area (Å²) in [6, 6.07) is 10.1. The van der Waals surface area contributed by atoms with Gasteiger partial charge >= 0.3 is 0 Å². The monoisotopic (exact) mass is 329 g/mol. The molecule has 1 N–H and O–H groups in total. The minimum atomic E-state index is -0.284. The van der Waals surface area contributed by atoms with Gasteiger partial charge in [0.05, 0.1) is 6.54 Å². The molecular formula is C18H20FN3O2. The molecule has 5 nitrogen and oxygen atoms in total. The molecule has 0 spiro atoms. The minimum Gasteiger partial charge on any atom is -0.354 e. The van der Waals surface area contributed by atoms with Crippen molar-refractivity contribution in [2.75, 3.05) is 13.1 Å². The van der Waals surface area contributed by atoms with Crippen LogP contribution in [0.4, 0.5) is 4.39 Å². The van der Waals surface area contributed by atoms with Crippen molar-refractivity contribution in [1.82, 2.24) is 15.2 Å². The number of carbonyl (C=O) groups is 2. The molecule has 0 saturated carbocycles. The molecule has 0 fully saturated rings. The maximum atomic E-state index is 13.5. The number of pyridine rings is 1. The Morgan fingerprint density at radius 1 is 1.21 bits per heavy atom. The van der Waals surface area contributed by atoms with Crippen molar-refractivity contribution >= 4 is 11.8 Å². The number of amides is 2. The number of aromatic nitrogens is 1. The summed E-state index contributed by atoms with van der Waals surface area (Å²) >= 11 is 0. The fraction of sp³-hybridized carbons (Fsp3) is 0.278. The number of carbonyl (C=O) groups excluding carboxylic acids is 2. The van der Waals surface area contributed by atoms with Crippen LogP contribution in [0.5, 0.6) is 0 Å². The zero-order valence-corrected chi connectivity index (χ0v) is 13.5. The molecule has 0 saturated heterocycles. The highest BCUT2D eigenvalue weighted by Crippen LogP contribution is 2.06. The van der Waals surface area contributed by atoms with E-state index in [1.165, 1.54) is 17.9 Å². The van der Waals surface area contributed by atoms with Gasteiger partial charge in [0, 0.05) is 32.4 Å². The fourth-order valence-corrected chi connectivity index (χ4v) is 2.26. The Kier molecular flexibility index (Phi) is 6.42. The van der Waals surface area contributed by atoms with E-state index in [4.69, 9.17) is 0 Å². The summed E-state index contributed by atoms with van der Waals surface area (Å²) < 4.78 is 13.5. The van der Waals surface area contributed by atoms with Gasteiger partial charge in [0.15, 0.2) is 0 Å². The highest BCUT2D eigenvalue weighted by molar-refractivity contribution is 5.83. The van der Waals surface area contributed by atoms with Crippen LogP contribution in [0.15, 0.2) is 48.8 Å². The summed E-state index contributed by atoms with van der Waals surface area (Å²) in [6.07, 6.45) is 3.71. The number of nitrogens with one attached hydrogen (secondary N) is 1. The Balaban J connectivity index is 1.82. The molecule has 24 heavy (non-hydrogen) atoms. The Labute approximate surface area is 140 Å². The van der Waals surface area contributed by atoms with E-state index >= 15 is 0 Å². The summed E-state index contributed by atoms with van der Waals surface area (Å²) in [7, 11) is 0. The molecule has 0 unspecified atom stereocenters. The Morgan fingerprint density at radius 2 is 2.00 bits per heavy atom. The second-order valence-corrected chi connectivity index (χ2v) is 5.43. The second kappa shape index (κ2) is 8.76. The number of hydrogen-bond donors (Lipinski definition) is 1. The predicted octanol–water partition coefficient (Wildman–Crippen LogP) is 1.93. The molecule has 126 valence electrons. The summed E-state index contributed by atoms with van der Waals surface area (Å²) in [5.41, 5.74) is 1.41. The van der Waals surface area contributed by atoms with Gasteiger partial charge in [-0.3, -0.25) is 14.6 Å². The molecule has 0 radical (unpaired) electrons. The average Bonchev–Trinajstić information content (AvgIpc) is 2.57. The third kappa shape index (κ3) is 5.46. The van der Waals surface area contributed by atoms with Gasteiger partial charge in [-0.2, -0.15) is 0 Å². The van der Waals surface area contributed by atoms with Crippen molar-refractivity contribution in [3.8, 4) is 0 Å². The smallest absolute Gasteiger partial charge is 0.239 e. The average molecular weight is 329 g/mol. The lowest BCUT2D eigenvalue weighted by Crippen LogP contribution is -2.40. The third-order valence-electron chi connectivity index (χ3n) is 3.55. The molecule has 0 atom stereocenters. The number of hydrogen-bond acceptors (Lipinski definition) is 3. The van der Waals surface area contributed by atoms with Crippen LogP contribution in [-0.2, 0) is 22.6 Å². The maximum absolute atomic E-state index is 13.5. The molecule has 2 aromatic rings. The summed E-state index contributed by atoms with van der Waals surface area (Å²) in [6.45, 7) is 2.02. The fourth-order valence-electron chi connectivity index (χ4n) is 2.26. The first-order valence-corrected chi connectivity index (χ1v) is 7.71. The highest BCUT2D eigenvalue weighted by Gasteiger charge is 2.14. The minimum absolute atomic E-state index is 0.0402. The molecule has 2 amide bonds. The van der Waals surface area contributed by atoms with Gasteiger partial charge < -0.3 is 10.2 Å². The van der Waals surface area contributed by atoms with Gasteiger partial charge in [-0.1, -0.05) is 24.3 Å². The van der Waals surface area contributed by atoms with Gasteiger partial charge in [0.25, 0.3) is 0 Å². The van der Waals surface area contributed by atoms with Gasteiger partial charge in [-0.05, 0) is 29.7 Å². The maximum Gasteiger partial charge on any atom is 0.239 e. The Morgan fingerprint density at radius 3 is 2.67 bits per heavy atom. The second-order valence-electron chi connectivity index (χ2n) is 5.43. The lowest BCUT2D eigenvalue weighted by Gasteiger charge is -2.20. The zero-order valence-electron chi connectivity index (χ0n) is 13.5. The molecule has 0 aliphatic carbocycles. The Hall–Kier alpha value is -2.76. The standard InChI is InChI=1S/C18H20FN3O2/c1-14(23)22(12-15-5-4-9-20-11-15)13-18(24)21-10-8-16-6-2-3-7-17(16)19/h2-7,9,11H,8,10,12-13H2,1H3,(H,21,24). The molecule has 6 heteroatoms. The first-order valence-electron chi connectivity index (χ1n) is 7.71. The number of halogens is 1. The van der Waals surface area contributed by atoms with Crippen LogP contribution in [-0.4, -0.2) is 34.8 Å². The zero-order chi connectivity index (χ0) is 17.4.